The number of carbonyl (C=O) groups is 2. The van der Waals surface area contributed by atoms with Crippen molar-refractivity contribution in [2.24, 2.45) is 0 Å². The molecule has 6 nitrogen and oxygen atoms in total. The van der Waals surface area contributed by atoms with Crippen LogP contribution in [0.5, 0.6) is 0 Å². The van der Waals surface area contributed by atoms with E-state index >= 15 is 0 Å². The number of aliphatic hydroxyl groups is 2. The Morgan fingerprint density at radius 3 is 1.30 bits per heavy atom. The molecule has 0 heterocycles. The highest BCUT2D eigenvalue weighted by Gasteiger charge is 2.24. The number of esters is 1. The van der Waals surface area contributed by atoms with Crippen LogP contribution in [0, 0.1) is 0 Å². The molecular formula is C60H109NO5. The Morgan fingerprint density at radius 2 is 0.833 bits per heavy atom. The van der Waals surface area contributed by atoms with Crippen LogP contribution in [0.4, 0.5) is 0 Å². The van der Waals surface area contributed by atoms with Crippen molar-refractivity contribution < 1.29 is 24.5 Å². The molecule has 1 amide bonds. The van der Waals surface area contributed by atoms with Gasteiger partial charge >= 0.3 is 5.97 Å². The normalized spacial score (nSPS) is 13.6. The zero-order valence-electron chi connectivity index (χ0n) is 43.8. The first-order chi connectivity index (χ1) is 32.5. The first-order valence-electron chi connectivity index (χ1n) is 28.5. The molecule has 0 aliphatic rings. The van der Waals surface area contributed by atoms with Crippen LogP contribution in [-0.4, -0.2) is 46.9 Å². The number of ether oxygens (including phenoxy) is 1. The number of amides is 1. The van der Waals surface area contributed by atoms with Crippen LogP contribution in [0.2, 0.25) is 0 Å². The first kappa shape index (κ1) is 63.6. The van der Waals surface area contributed by atoms with Crippen molar-refractivity contribution in [3.8, 4) is 0 Å². The van der Waals surface area contributed by atoms with Gasteiger partial charge in [-0.1, -0.05) is 248 Å². The summed E-state index contributed by atoms with van der Waals surface area (Å²) in [5.41, 5.74) is 0. The third-order valence-electron chi connectivity index (χ3n) is 12.9. The molecule has 0 aliphatic heterocycles. The van der Waals surface area contributed by atoms with E-state index in [4.69, 9.17) is 4.74 Å². The molecule has 3 N–H and O–H groups in total. The van der Waals surface area contributed by atoms with Gasteiger partial charge in [0, 0.05) is 6.42 Å². The molecule has 0 saturated heterocycles. The van der Waals surface area contributed by atoms with E-state index in [0.29, 0.717) is 19.3 Å². The van der Waals surface area contributed by atoms with Crippen molar-refractivity contribution in [1.29, 1.82) is 0 Å². The third kappa shape index (κ3) is 48.0. The van der Waals surface area contributed by atoms with Crippen molar-refractivity contribution in [2.75, 3.05) is 6.61 Å². The fourth-order valence-electron chi connectivity index (χ4n) is 8.52. The number of hydrogen-bond acceptors (Lipinski definition) is 5. The summed E-state index contributed by atoms with van der Waals surface area (Å²) in [6.07, 6.45) is 67.0. The van der Waals surface area contributed by atoms with Crippen molar-refractivity contribution in [3.63, 3.8) is 0 Å². The minimum absolute atomic E-state index is 0.0633. The van der Waals surface area contributed by atoms with Gasteiger partial charge in [0.15, 0.2) is 0 Å². The number of aliphatic hydroxyl groups excluding tert-OH is 2. The fourth-order valence-corrected chi connectivity index (χ4v) is 8.52. The summed E-state index contributed by atoms with van der Waals surface area (Å²) < 4.78 is 5.95. The summed E-state index contributed by atoms with van der Waals surface area (Å²) >= 11 is 0. The maximum atomic E-state index is 13.3. The Morgan fingerprint density at radius 1 is 0.455 bits per heavy atom. The highest BCUT2D eigenvalue weighted by atomic mass is 16.5. The molecule has 66 heavy (non-hydrogen) atoms. The summed E-state index contributed by atoms with van der Waals surface area (Å²) in [5, 5.41) is 23.8. The van der Waals surface area contributed by atoms with Crippen molar-refractivity contribution in [2.45, 2.75) is 302 Å². The predicted molar refractivity (Wildman–Crippen MR) is 287 cm³/mol. The lowest BCUT2D eigenvalue weighted by Crippen LogP contribution is -2.46. The minimum Gasteiger partial charge on any atom is -0.462 e. The van der Waals surface area contributed by atoms with Crippen LogP contribution in [0.15, 0.2) is 60.8 Å². The average molecular weight is 925 g/mol. The van der Waals surface area contributed by atoms with E-state index in [1.807, 2.05) is 0 Å². The lowest BCUT2D eigenvalue weighted by Gasteiger charge is -2.24. The molecule has 384 valence electrons. The molecule has 3 unspecified atom stereocenters. The zero-order valence-corrected chi connectivity index (χ0v) is 43.8. The number of nitrogens with one attached hydrogen (secondary N) is 1. The molecule has 6 heteroatoms. The lowest BCUT2D eigenvalue weighted by atomic mass is 10.0. The number of carbonyl (C=O) groups excluding carboxylic acids is 2. The van der Waals surface area contributed by atoms with Gasteiger partial charge in [0.1, 0.15) is 6.10 Å². The Balaban J connectivity index is 4.63. The van der Waals surface area contributed by atoms with Crippen LogP contribution in [0.25, 0.3) is 0 Å². The quantitative estimate of drug-likeness (QED) is 0.0244. The summed E-state index contributed by atoms with van der Waals surface area (Å²) in [6, 6.07) is -0.710. The van der Waals surface area contributed by atoms with Crippen molar-refractivity contribution in [3.05, 3.63) is 60.8 Å². The van der Waals surface area contributed by atoms with Gasteiger partial charge in [-0.25, -0.2) is 0 Å². The van der Waals surface area contributed by atoms with E-state index in [2.05, 4.69) is 86.8 Å². The summed E-state index contributed by atoms with van der Waals surface area (Å²) in [7, 11) is 0. The number of allylic oxidation sites excluding steroid dienone is 10. The van der Waals surface area contributed by atoms with Crippen LogP contribution in [0.1, 0.15) is 284 Å². The van der Waals surface area contributed by atoms with E-state index in [9.17, 15) is 19.8 Å². The standard InChI is InChI=1S/C60H109NO5/c1-4-7-10-13-16-19-22-25-27-29-31-33-35-38-41-44-47-50-53-60(65)66-56(51-48-45-42-39-36-34-32-30-28-26-23-20-17-14-11-8-5-2)54-59(64)61-57(55-62)58(63)52-49-46-43-40-37-24-21-18-15-12-9-6-3/h17,20,22,25-29,31,33,56-58,62-63H,4-16,18-19,21,23-24,30,32,34-55H2,1-3H3,(H,61,64)/b20-17-,25-22+,28-26-,29-27+,33-31+. The highest BCUT2D eigenvalue weighted by Crippen LogP contribution is 2.18. The molecule has 0 aromatic rings. The van der Waals surface area contributed by atoms with E-state index < -0.39 is 18.2 Å². The lowest BCUT2D eigenvalue weighted by molar-refractivity contribution is -0.151. The largest absolute Gasteiger partial charge is 0.462 e. The first-order valence-corrected chi connectivity index (χ1v) is 28.5. The van der Waals surface area contributed by atoms with E-state index in [0.717, 1.165) is 89.9 Å². The second kappa shape index (κ2) is 53.5. The van der Waals surface area contributed by atoms with Crippen LogP contribution < -0.4 is 5.32 Å². The number of rotatable bonds is 51. The monoisotopic (exact) mass is 924 g/mol. The SMILES string of the molecule is CCCCC/C=C\C/C=C\CCCCCCCCCC(CC(=O)NC(CO)C(O)CCCCCCCCCCCCCC)OC(=O)CCCCCCC/C=C/C=C/C=C/CCCCCCC. The van der Waals surface area contributed by atoms with Gasteiger partial charge in [0.05, 0.1) is 25.2 Å². The van der Waals surface area contributed by atoms with E-state index in [1.165, 1.54) is 148 Å². The highest BCUT2D eigenvalue weighted by molar-refractivity contribution is 5.77. The molecule has 0 saturated carbocycles. The van der Waals surface area contributed by atoms with Crippen molar-refractivity contribution >= 4 is 11.9 Å². The van der Waals surface area contributed by atoms with Crippen LogP contribution in [-0.2, 0) is 14.3 Å². The summed E-state index contributed by atoms with van der Waals surface area (Å²) in [5.74, 6) is -0.498. The molecule has 0 aromatic carbocycles. The topological polar surface area (TPSA) is 95.9 Å². The van der Waals surface area contributed by atoms with Gasteiger partial charge < -0.3 is 20.3 Å². The van der Waals surface area contributed by atoms with Crippen LogP contribution in [0.3, 0.4) is 0 Å². The molecule has 0 aliphatic carbocycles. The zero-order chi connectivity index (χ0) is 48.1. The number of hydrogen-bond donors (Lipinski definition) is 3. The maximum Gasteiger partial charge on any atom is 0.306 e. The van der Waals surface area contributed by atoms with Gasteiger partial charge in [-0.2, -0.15) is 0 Å². The van der Waals surface area contributed by atoms with Gasteiger partial charge in [0.2, 0.25) is 5.91 Å². The van der Waals surface area contributed by atoms with Gasteiger partial charge in [-0.15, -0.1) is 0 Å². The molecular weight excluding hydrogens is 815 g/mol. The van der Waals surface area contributed by atoms with Crippen LogP contribution >= 0.6 is 0 Å². The molecule has 0 rings (SSSR count). The van der Waals surface area contributed by atoms with Crippen molar-refractivity contribution in [1.82, 2.24) is 5.32 Å². The molecule has 0 aromatic heterocycles. The minimum atomic E-state index is -0.795. The molecule has 3 atom stereocenters. The Kier molecular flexibility index (Phi) is 51.5. The van der Waals surface area contributed by atoms with Gasteiger partial charge in [-0.3, -0.25) is 9.59 Å². The smallest absolute Gasteiger partial charge is 0.306 e. The second-order valence-electron chi connectivity index (χ2n) is 19.4. The van der Waals surface area contributed by atoms with Gasteiger partial charge in [-0.05, 0) is 83.5 Å². The van der Waals surface area contributed by atoms with E-state index in [1.54, 1.807) is 0 Å². The molecule has 0 fully saturated rings. The average Bonchev–Trinajstić information content (AvgIpc) is 3.31. The predicted octanol–water partition coefficient (Wildman–Crippen LogP) is 17.6. The summed E-state index contributed by atoms with van der Waals surface area (Å²) in [4.78, 5) is 26.3. The second-order valence-corrected chi connectivity index (χ2v) is 19.4. The Bertz CT molecular complexity index is 1170. The molecule has 0 radical (unpaired) electrons. The van der Waals surface area contributed by atoms with Gasteiger partial charge in [0.25, 0.3) is 0 Å². The number of unbranched alkanes of at least 4 members (excludes halogenated alkanes) is 31. The molecule has 0 spiro atoms. The maximum absolute atomic E-state index is 13.3. The van der Waals surface area contributed by atoms with E-state index in [-0.39, 0.29) is 24.9 Å². The fraction of sp³-hybridized carbons (Fsp3) is 0.800. The Labute approximate surface area is 409 Å². The third-order valence-corrected chi connectivity index (χ3v) is 12.9. The molecule has 0 bridgehead atoms. The Hall–Kier alpha value is -2.44. The summed E-state index contributed by atoms with van der Waals surface area (Å²) in [6.45, 7) is 6.45.